The second-order valence-corrected chi connectivity index (χ2v) is 5.83. The Morgan fingerprint density at radius 2 is 2.26 bits per heavy atom. The van der Waals surface area contributed by atoms with Crippen LogP contribution in [0.3, 0.4) is 0 Å². The third kappa shape index (κ3) is 3.41. The molecule has 0 aliphatic heterocycles. The van der Waals surface area contributed by atoms with E-state index in [1.807, 2.05) is 18.2 Å². The molecule has 1 aromatic rings. The summed E-state index contributed by atoms with van der Waals surface area (Å²) in [6.07, 6.45) is 3.71. The molecule has 0 spiro atoms. The van der Waals surface area contributed by atoms with Crippen molar-refractivity contribution in [3.05, 3.63) is 28.8 Å². The fraction of sp³-hybridized carbons (Fsp3) is 0.600. The van der Waals surface area contributed by atoms with Gasteiger partial charge in [0.2, 0.25) is 0 Å². The molecule has 0 heterocycles. The zero-order valence-electron chi connectivity index (χ0n) is 11.7. The molecule has 3 nitrogen and oxygen atoms in total. The molecule has 0 saturated heterocycles. The second kappa shape index (κ2) is 6.60. The van der Waals surface area contributed by atoms with Crippen molar-refractivity contribution in [1.29, 1.82) is 0 Å². The smallest absolute Gasteiger partial charge is 0.125 e. The van der Waals surface area contributed by atoms with Crippen molar-refractivity contribution < 1.29 is 4.74 Å². The first-order valence-electron chi connectivity index (χ1n) is 6.94. The molecule has 1 aliphatic carbocycles. The summed E-state index contributed by atoms with van der Waals surface area (Å²) in [7, 11) is 1.67. The molecule has 0 amide bonds. The van der Waals surface area contributed by atoms with E-state index in [1.165, 1.54) is 19.3 Å². The molecule has 0 bridgehead atoms. The molecule has 0 radical (unpaired) electrons. The lowest BCUT2D eigenvalue weighted by molar-refractivity contribution is 0.386. The minimum absolute atomic E-state index is 0.0546. The third-order valence-electron chi connectivity index (χ3n) is 3.95. The molecule has 106 valence electrons. The summed E-state index contributed by atoms with van der Waals surface area (Å²) in [6.45, 7) is 2.82. The van der Waals surface area contributed by atoms with Crippen LogP contribution in [0.5, 0.6) is 5.75 Å². The van der Waals surface area contributed by atoms with E-state index in [1.54, 1.807) is 7.11 Å². The number of rotatable bonds is 5. The lowest BCUT2D eigenvalue weighted by Crippen LogP contribution is -2.35. The zero-order valence-corrected chi connectivity index (χ0v) is 12.4. The Morgan fingerprint density at radius 1 is 1.47 bits per heavy atom. The molecule has 0 aromatic heterocycles. The molecule has 19 heavy (non-hydrogen) atoms. The van der Waals surface area contributed by atoms with Gasteiger partial charge in [-0.05, 0) is 37.3 Å². The quantitative estimate of drug-likeness (QED) is 0.872. The number of ether oxygens (including phenoxy) is 1. The number of halogens is 1. The van der Waals surface area contributed by atoms with E-state index in [9.17, 15) is 0 Å². The maximum absolute atomic E-state index is 6.32. The first kappa shape index (κ1) is 14.6. The molecule has 1 aromatic carbocycles. The van der Waals surface area contributed by atoms with E-state index in [4.69, 9.17) is 22.1 Å². The summed E-state index contributed by atoms with van der Waals surface area (Å²) in [6, 6.07) is 6.31. The molecular formula is C15H23ClN2O. The average molecular weight is 283 g/mol. The molecular weight excluding hydrogens is 260 g/mol. The van der Waals surface area contributed by atoms with Gasteiger partial charge in [-0.25, -0.2) is 0 Å². The number of hydrogen-bond donors (Lipinski definition) is 2. The lowest BCUT2D eigenvalue weighted by Gasteiger charge is -2.24. The first-order valence-corrected chi connectivity index (χ1v) is 7.32. The van der Waals surface area contributed by atoms with E-state index in [0.29, 0.717) is 17.6 Å². The summed E-state index contributed by atoms with van der Waals surface area (Å²) in [5.74, 6) is 1.60. The van der Waals surface area contributed by atoms with Crippen LogP contribution in [0.2, 0.25) is 5.02 Å². The standard InChI is InChI=1S/C15H23ClN2O/c1-10-6-7-11(8-10)18-13(9-17)15-12(16)4-3-5-14(15)19-2/h3-5,10-11,13,18H,6-9,17H2,1-2H3. The highest BCUT2D eigenvalue weighted by atomic mass is 35.5. The Kier molecular flexibility index (Phi) is 5.08. The zero-order chi connectivity index (χ0) is 13.8. The van der Waals surface area contributed by atoms with Gasteiger partial charge in [0.05, 0.1) is 7.11 Å². The van der Waals surface area contributed by atoms with Gasteiger partial charge in [0.1, 0.15) is 5.75 Å². The van der Waals surface area contributed by atoms with Crippen LogP contribution in [0.15, 0.2) is 18.2 Å². The van der Waals surface area contributed by atoms with Crippen LogP contribution in [0.25, 0.3) is 0 Å². The lowest BCUT2D eigenvalue weighted by atomic mass is 10.0. The summed E-state index contributed by atoms with van der Waals surface area (Å²) in [5.41, 5.74) is 6.91. The molecule has 2 rings (SSSR count). The van der Waals surface area contributed by atoms with E-state index in [2.05, 4.69) is 12.2 Å². The maximum Gasteiger partial charge on any atom is 0.125 e. The predicted octanol–water partition coefficient (Wildman–Crippen LogP) is 3.13. The molecule has 3 unspecified atom stereocenters. The highest BCUT2D eigenvalue weighted by molar-refractivity contribution is 6.31. The van der Waals surface area contributed by atoms with Gasteiger partial charge in [-0.1, -0.05) is 24.6 Å². The number of methoxy groups -OCH3 is 1. The minimum atomic E-state index is 0.0546. The van der Waals surface area contributed by atoms with Crippen LogP contribution >= 0.6 is 11.6 Å². The molecule has 1 saturated carbocycles. The predicted molar refractivity (Wildman–Crippen MR) is 79.7 cm³/mol. The Balaban J connectivity index is 2.17. The maximum atomic E-state index is 6.32. The fourth-order valence-electron chi connectivity index (χ4n) is 2.95. The van der Waals surface area contributed by atoms with Crippen LogP contribution in [-0.4, -0.2) is 19.7 Å². The highest BCUT2D eigenvalue weighted by Crippen LogP contribution is 2.34. The molecule has 3 N–H and O–H groups in total. The van der Waals surface area contributed by atoms with Crippen molar-refractivity contribution in [3.63, 3.8) is 0 Å². The van der Waals surface area contributed by atoms with Crippen molar-refractivity contribution in [1.82, 2.24) is 5.32 Å². The Morgan fingerprint density at radius 3 is 2.84 bits per heavy atom. The number of hydrogen-bond acceptors (Lipinski definition) is 3. The van der Waals surface area contributed by atoms with Crippen LogP contribution in [0.1, 0.15) is 37.8 Å². The summed E-state index contributed by atoms with van der Waals surface area (Å²) < 4.78 is 5.41. The molecule has 1 fully saturated rings. The normalized spacial score (nSPS) is 24.4. The van der Waals surface area contributed by atoms with Gasteiger partial charge in [0, 0.05) is 29.2 Å². The minimum Gasteiger partial charge on any atom is -0.496 e. The number of nitrogens with two attached hydrogens (primary N) is 1. The van der Waals surface area contributed by atoms with Gasteiger partial charge in [-0.3, -0.25) is 0 Å². The van der Waals surface area contributed by atoms with Crippen molar-refractivity contribution in [2.24, 2.45) is 11.7 Å². The monoisotopic (exact) mass is 282 g/mol. The second-order valence-electron chi connectivity index (χ2n) is 5.43. The van der Waals surface area contributed by atoms with Crippen LogP contribution in [0.4, 0.5) is 0 Å². The van der Waals surface area contributed by atoms with Gasteiger partial charge in [0.25, 0.3) is 0 Å². The van der Waals surface area contributed by atoms with Crippen molar-refractivity contribution in [2.45, 2.75) is 38.3 Å². The Bertz CT molecular complexity index is 425. The number of benzene rings is 1. The number of nitrogens with one attached hydrogen (secondary N) is 1. The highest BCUT2D eigenvalue weighted by Gasteiger charge is 2.26. The topological polar surface area (TPSA) is 47.3 Å². The fourth-order valence-corrected chi connectivity index (χ4v) is 3.24. The van der Waals surface area contributed by atoms with E-state index in [0.717, 1.165) is 17.2 Å². The van der Waals surface area contributed by atoms with Gasteiger partial charge < -0.3 is 15.8 Å². The van der Waals surface area contributed by atoms with Crippen molar-refractivity contribution in [3.8, 4) is 5.75 Å². The SMILES string of the molecule is COc1cccc(Cl)c1C(CN)NC1CCC(C)C1. The summed E-state index contributed by atoms with van der Waals surface area (Å²) in [5, 5.41) is 4.35. The van der Waals surface area contributed by atoms with Gasteiger partial charge in [-0.2, -0.15) is 0 Å². The van der Waals surface area contributed by atoms with Gasteiger partial charge in [-0.15, -0.1) is 0 Å². The van der Waals surface area contributed by atoms with Crippen LogP contribution in [0, 0.1) is 5.92 Å². The summed E-state index contributed by atoms with van der Waals surface area (Å²) in [4.78, 5) is 0. The van der Waals surface area contributed by atoms with Crippen LogP contribution in [-0.2, 0) is 0 Å². The molecule has 3 atom stereocenters. The van der Waals surface area contributed by atoms with Crippen molar-refractivity contribution in [2.75, 3.05) is 13.7 Å². The van der Waals surface area contributed by atoms with Crippen molar-refractivity contribution >= 4 is 11.6 Å². The molecule has 1 aliphatic rings. The van der Waals surface area contributed by atoms with Gasteiger partial charge >= 0.3 is 0 Å². The Hall–Kier alpha value is -0.770. The van der Waals surface area contributed by atoms with E-state index >= 15 is 0 Å². The van der Waals surface area contributed by atoms with Crippen LogP contribution < -0.4 is 15.8 Å². The largest absolute Gasteiger partial charge is 0.496 e. The van der Waals surface area contributed by atoms with Gasteiger partial charge in [0.15, 0.2) is 0 Å². The Labute approximate surface area is 120 Å². The molecule has 4 heteroatoms. The average Bonchev–Trinajstić information content (AvgIpc) is 2.81. The van der Waals surface area contributed by atoms with E-state index in [-0.39, 0.29) is 6.04 Å². The summed E-state index contributed by atoms with van der Waals surface area (Å²) >= 11 is 6.32. The first-order chi connectivity index (χ1) is 9.15. The third-order valence-corrected chi connectivity index (χ3v) is 4.28. The van der Waals surface area contributed by atoms with E-state index < -0.39 is 0 Å².